The van der Waals surface area contributed by atoms with Crippen molar-refractivity contribution in [2.75, 3.05) is 13.1 Å². The van der Waals surface area contributed by atoms with Crippen LogP contribution in [0.1, 0.15) is 45.4 Å². The number of hydrogen-bond donors (Lipinski definition) is 1. The highest BCUT2D eigenvalue weighted by Crippen LogP contribution is 2.34. The number of fused-ring (bicyclic) bond motifs is 2. The summed E-state index contributed by atoms with van der Waals surface area (Å²) in [6.45, 7) is 4.07. The molecule has 2 N–H and O–H groups in total. The smallest absolute Gasteiger partial charge is 0.222 e. The van der Waals surface area contributed by atoms with Crippen LogP contribution in [0.4, 0.5) is 0 Å². The summed E-state index contributed by atoms with van der Waals surface area (Å²) in [5.74, 6) is 1.72. The number of carbonyl (C=O) groups excluding carboxylic acids is 1. The third kappa shape index (κ3) is 2.76. The Morgan fingerprint density at radius 2 is 1.88 bits per heavy atom. The van der Waals surface area contributed by atoms with E-state index in [2.05, 4.69) is 11.8 Å². The summed E-state index contributed by atoms with van der Waals surface area (Å²) in [5.41, 5.74) is 6.02. The molecule has 16 heavy (non-hydrogen) atoms. The topological polar surface area (TPSA) is 46.3 Å². The van der Waals surface area contributed by atoms with Crippen LogP contribution in [0, 0.1) is 11.8 Å². The minimum atomic E-state index is 0.368. The minimum Gasteiger partial charge on any atom is -0.342 e. The van der Waals surface area contributed by atoms with Crippen LogP contribution in [0.15, 0.2) is 0 Å². The summed E-state index contributed by atoms with van der Waals surface area (Å²) >= 11 is 0. The van der Waals surface area contributed by atoms with Crippen molar-refractivity contribution in [1.29, 1.82) is 0 Å². The van der Waals surface area contributed by atoms with Crippen LogP contribution in [0.5, 0.6) is 0 Å². The van der Waals surface area contributed by atoms with Crippen LogP contribution in [-0.4, -0.2) is 29.9 Å². The van der Waals surface area contributed by atoms with Gasteiger partial charge in [0.1, 0.15) is 0 Å². The van der Waals surface area contributed by atoms with E-state index >= 15 is 0 Å². The Morgan fingerprint density at radius 1 is 1.25 bits per heavy atom. The number of piperidine rings is 1. The second kappa shape index (κ2) is 5.17. The van der Waals surface area contributed by atoms with Crippen molar-refractivity contribution in [2.24, 2.45) is 17.6 Å². The van der Waals surface area contributed by atoms with Crippen molar-refractivity contribution in [3.63, 3.8) is 0 Å². The Morgan fingerprint density at radius 3 is 2.44 bits per heavy atom. The number of nitrogens with zero attached hydrogens (tertiary/aromatic N) is 1. The second-order valence-electron chi connectivity index (χ2n) is 5.60. The van der Waals surface area contributed by atoms with Gasteiger partial charge in [0.05, 0.1) is 0 Å². The van der Waals surface area contributed by atoms with E-state index in [1.54, 1.807) is 0 Å². The van der Waals surface area contributed by atoms with Gasteiger partial charge in [-0.2, -0.15) is 0 Å². The Labute approximate surface area is 98.4 Å². The number of nitrogens with two attached hydrogens (primary N) is 1. The first kappa shape index (κ1) is 11.9. The number of unbranched alkanes of at least 4 members (excludes halogenated alkanes) is 1. The van der Waals surface area contributed by atoms with E-state index in [-0.39, 0.29) is 0 Å². The lowest BCUT2D eigenvalue weighted by Crippen LogP contribution is -2.49. The molecule has 3 nitrogen and oxygen atoms in total. The molecular formula is C13H24N2O. The molecule has 2 bridgehead atoms. The molecule has 0 spiro atoms. The first-order valence-corrected chi connectivity index (χ1v) is 6.72. The summed E-state index contributed by atoms with van der Waals surface area (Å²) in [7, 11) is 0. The van der Waals surface area contributed by atoms with Gasteiger partial charge in [-0.1, -0.05) is 13.3 Å². The monoisotopic (exact) mass is 224 g/mol. The van der Waals surface area contributed by atoms with E-state index in [0.29, 0.717) is 23.8 Å². The zero-order valence-corrected chi connectivity index (χ0v) is 10.3. The average molecular weight is 224 g/mol. The summed E-state index contributed by atoms with van der Waals surface area (Å²) in [4.78, 5) is 14.1. The molecule has 92 valence electrons. The molecule has 2 rings (SSSR count). The van der Waals surface area contributed by atoms with E-state index in [9.17, 15) is 4.79 Å². The molecule has 0 radical (unpaired) electrons. The van der Waals surface area contributed by atoms with Crippen LogP contribution in [0.2, 0.25) is 0 Å². The Bertz CT molecular complexity index is 236. The summed E-state index contributed by atoms with van der Waals surface area (Å²) in [6.07, 6.45) is 6.41. The number of carbonyl (C=O) groups is 1. The lowest BCUT2D eigenvalue weighted by Gasteiger charge is -2.43. The maximum absolute atomic E-state index is 12.0. The van der Waals surface area contributed by atoms with Gasteiger partial charge in [0.15, 0.2) is 0 Å². The molecule has 0 aromatic heterocycles. The fourth-order valence-electron chi connectivity index (χ4n) is 3.30. The van der Waals surface area contributed by atoms with Gasteiger partial charge in [-0.25, -0.2) is 0 Å². The molecule has 2 aliphatic rings. The SMILES string of the molecule is CCCCC(=O)N1CC2CC(N)CC(C2)C1. The normalized spacial score (nSPS) is 33.9. The van der Waals surface area contributed by atoms with E-state index < -0.39 is 0 Å². The fourth-order valence-corrected chi connectivity index (χ4v) is 3.30. The summed E-state index contributed by atoms with van der Waals surface area (Å²) in [6, 6.07) is 0.386. The van der Waals surface area contributed by atoms with Crippen molar-refractivity contribution >= 4 is 5.91 Å². The number of likely N-dealkylation sites (tertiary alicyclic amines) is 1. The van der Waals surface area contributed by atoms with Gasteiger partial charge < -0.3 is 10.6 Å². The number of amides is 1. The van der Waals surface area contributed by atoms with Gasteiger partial charge >= 0.3 is 0 Å². The summed E-state index contributed by atoms with van der Waals surface area (Å²) < 4.78 is 0. The highest BCUT2D eigenvalue weighted by atomic mass is 16.2. The average Bonchev–Trinajstić information content (AvgIpc) is 2.24. The zero-order chi connectivity index (χ0) is 11.5. The van der Waals surface area contributed by atoms with Crippen molar-refractivity contribution in [1.82, 2.24) is 4.90 Å². The second-order valence-corrected chi connectivity index (χ2v) is 5.60. The molecule has 2 unspecified atom stereocenters. The molecule has 3 heteroatoms. The summed E-state index contributed by atoms with van der Waals surface area (Å²) in [5, 5.41) is 0. The van der Waals surface area contributed by atoms with Crippen LogP contribution >= 0.6 is 0 Å². The van der Waals surface area contributed by atoms with Gasteiger partial charge in [0, 0.05) is 25.6 Å². The predicted octanol–water partition coefficient (Wildman–Crippen LogP) is 1.76. The maximum Gasteiger partial charge on any atom is 0.222 e. The first-order valence-electron chi connectivity index (χ1n) is 6.72. The van der Waals surface area contributed by atoms with Crippen molar-refractivity contribution < 1.29 is 4.79 Å². The molecule has 1 saturated carbocycles. The van der Waals surface area contributed by atoms with E-state index in [1.807, 2.05) is 0 Å². The van der Waals surface area contributed by atoms with Gasteiger partial charge in [-0.05, 0) is 37.5 Å². The lowest BCUT2D eigenvalue weighted by atomic mass is 9.75. The van der Waals surface area contributed by atoms with Crippen LogP contribution < -0.4 is 5.73 Å². The molecule has 0 aromatic rings. The van der Waals surface area contributed by atoms with Crippen LogP contribution in [0.3, 0.4) is 0 Å². The van der Waals surface area contributed by atoms with Crippen molar-refractivity contribution in [3.05, 3.63) is 0 Å². The quantitative estimate of drug-likeness (QED) is 0.794. The molecule has 1 aliphatic heterocycles. The van der Waals surface area contributed by atoms with Crippen LogP contribution in [0.25, 0.3) is 0 Å². The molecule has 0 aromatic carbocycles. The maximum atomic E-state index is 12.0. The first-order chi connectivity index (χ1) is 7.69. The Kier molecular flexibility index (Phi) is 3.85. The third-order valence-electron chi connectivity index (χ3n) is 3.99. The van der Waals surface area contributed by atoms with Crippen molar-refractivity contribution in [3.8, 4) is 0 Å². The van der Waals surface area contributed by atoms with Gasteiger partial charge in [0.2, 0.25) is 5.91 Å². The molecule has 1 aliphatic carbocycles. The van der Waals surface area contributed by atoms with Gasteiger partial charge in [0.25, 0.3) is 0 Å². The van der Waals surface area contributed by atoms with E-state index in [0.717, 1.165) is 45.2 Å². The zero-order valence-electron chi connectivity index (χ0n) is 10.3. The number of hydrogen-bond acceptors (Lipinski definition) is 2. The molecule has 1 amide bonds. The standard InChI is InChI=1S/C13H24N2O/c1-2-3-4-13(16)15-8-10-5-11(9-15)7-12(14)6-10/h10-12H,2-9,14H2,1H3. The Hall–Kier alpha value is -0.570. The van der Waals surface area contributed by atoms with Crippen molar-refractivity contribution in [2.45, 2.75) is 51.5 Å². The lowest BCUT2D eigenvalue weighted by molar-refractivity contribution is -0.135. The Balaban J connectivity index is 1.87. The van der Waals surface area contributed by atoms with Gasteiger partial charge in [-0.15, -0.1) is 0 Å². The van der Waals surface area contributed by atoms with E-state index in [4.69, 9.17) is 5.73 Å². The fraction of sp³-hybridized carbons (Fsp3) is 0.923. The highest BCUT2D eigenvalue weighted by Gasteiger charge is 2.35. The van der Waals surface area contributed by atoms with Gasteiger partial charge in [-0.3, -0.25) is 4.79 Å². The molecule has 1 heterocycles. The highest BCUT2D eigenvalue weighted by molar-refractivity contribution is 5.76. The molecule has 2 atom stereocenters. The molecule has 2 fully saturated rings. The molecule has 1 saturated heterocycles. The predicted molar refractivity (Wildman–Crippen MR) is 64.9 cm³/mol. The molecular weight excluding hydrogens is 200 g/mol. The largest absolute Gasteiger partial charge is 0.342 e. The van der Waals surface area contributed by atoms with E-state index in [1.165, 1.54) is 6.42 Å². The third-order valence-corrected chi connectivity index (χ3v) is 3.99. The number of rotatable bonds is 3. The van der Waals surface area contributed by atoms with Crippen LogP contribution in [-0.2, 0) is 4.79 Å². The minimum absolute atomic E-state index is 0.368.